The third-order valence-electron chi connectivity index (χ3n) is 5.19. The van der Waals surface area contributed by atoms with Crippen LogP contribution in [0.15, 0.2) is 60.7 Å². The minimum absolute atomic E-state index is 0.0252. The predicted octanol–water partition coefficient (Wildman–Crippen LogP) is 3.32. The van der Waals surface area contributed by atoms with E-state index in [0.717, 1.165) is 0 Å². The number of hydrogen-bond acceptors (Lipinski definition) is 3. The van der Waals surface area contributed by atoms with Crippen molar-refractivity contribution in [2.45, 2.75) is 31.8 Å². The van der Waals surface area contributed by atoms with Crippen LogP contribution >= 0.6 is 0 Å². The number of hydrogen-bond donors (Lipinski definition) is 1. The Kier molecular flexibility index (Phi) is 5.79. The molecule has 142 valence electrons. The molecular formula is C22H27N3O2. The van der Waals surface area contributed by atoms with E-state index in [4.69, 9.17) is 10.1 Å². The van der Waals surface area contributed by atoms with Gasteiger partial charge in [0.15, 0.2) is 0 Å². The first kappa shape index (κ1) is 19.0. The van der Waals surface area contributed by atoms with Gasteiger partial charge in [-0.15, -0.1) is 0 Å². The zero-order valence-corrected chi connectivity index (χ0v) is 16.1. The summed E-state index contributed by atoms with van der Waals surface area (Å²) in [5.74, 6) is 0.0557. The number of nitrogens with zero attached hydrogens (tertiary/aromatic N) is 2. The van der Waals surface area contributed by atoms with Crippen LogP contribution in [0.3, 0.4) is 0 Å². The summed E-state index contributed by atoms with van der Waals surface area (Å²) in [6, 6.07) is 20.7. The number of rotatable bonds is 4. The molecule has 1 aliphatic heterocycles. The summed E-state index contributed by atoms with van der Waals surface area (Å²) in [7, 11) is 1.48. The van der Waals surface area contributed by atoms with Gasteiger partial charge in [0.1, 0.15) is 6.54 Å². The Balaban J connectivity index is 2.08. The van der Waals surface area contributed by atoms with Crippen LogP contribution in [0.5, 0.6) is 0 Å². The largest absolute Gasteiger partial charge is 0.469 e. The summed E-state index contributed by atoms with van der Waals surface area (Å²) >= 11 is 0. The highest BCUT2D eigenvalue weighted by atomic mass is 16.5. The minimum atomic E-state index is -0.0812. The topological polar surface area (TPSA) is 56.6 Å². The van der Waals surface area contributed by atoms with Crippen molar-refractivity contribution in [1.29, 1.82) is 5.41 Å². The van der Waals surface area contributed by atoms with E-state index in [0.29, 0.717) is 6.54 Å². The summed E-state index contributed by atoms with van der Waals surface area (Å²) in [5, 5.41) is 8.28. The first-order valence-corrected chi connectivity index (χ1v) is 9.31. The highest BCUT2D eigenvalue weighted by molar-refractivity contribution is 5.85. The number of amidine groups is 1. The van der Waals surface area contributed by atoms with Gasteiger partial charge in [-0.25, -0.2) is 0 Å². The standard InChI is InChI=1S/C22H27N3O2/c1-16(2)24-14-19(25(15-20(24)26)22(23)27-3)21(17-10-6-4-7-11-17)18-12-8-5-9-13-18/h4-13,16,19,21,23H,14-15H2,1-3H3/t19-/m1/s1. The van der Waals surface area contributed by atoms with E-state index in [1.54, 1.807) is 4.90 Å². The lowest BCUT2D eigenvalue weighted by molar-refractivity contribution is -0.139. The van der Waals surface area contributed by atoms with E-state index in [1.165, 1.54) is 18.2 Å². The first-order chi connectivity index (χ1) is 13.0. The average Bonchev–Trinajstić information content (AvgIpc) is 2.69. The van der Waals surface area contributed by atoms with E-state index in [2.05, 4.69) is 24.3 Å². The Hall–Kier alpha value is -2.82. The van der Waals surface area contributed by atoms with Crippen LogP contribution in [0.4, 0.5) is 0 Å². The SMILES string of the molecule is COC(=N)N1CC(=O)N(C(C)C)C[C@@H]1C(c1ccccc1)c1ccccc1. The van der Waals surface area contributed by atoms with Gasteiger partial charge in [-0.2, -0.15) is 0 Å². The van der Waals surface area contributed by atoms with Gasteiger partial charge in [0.05, 0.1) is 13.2 Å². The van der Waals surface area contributed by atoms with Gasteiger partial charge in [-0.1, -0.05) is 60.7 Å². The molecule has 5 heteroatoms. The number of amides is 1. The van der Waals surface area contributed by atoms with E-state index in [-0.39, 0.29) is 36.5 Å². The summed E-state index contributed by atoms with van der Waals surface area (Å²) in [4.78, 5) is 16.3. The summed E-state index contributed by atoms with van der Waals surface area (Å²) in [6.07, 6.45) is 0. The molecule has 1 heterocycles. The van der Waals surface area contributed by atoms with Crippen LogP contribution in [0.1, 0.15) is 30.9 Å². The molecule has 2 aromatic rings. The van der Waals surface area contributed by atoms with Crippen LogP contribution in [-0.2, 0) is 9.53 Å². The highest BCUT2D eigenvalue weighted by Gasteiger charge is 2.40. The van der Waals surface area contributed by atoms with Crippen LogP contribution < -0.4 is 0 Å². The van der Waals surface area contributed by atoms with Crippen molar-refractivity contribution in [1.82, 2.24) is 9.80 Å². The second-order valence-corrected chi connectivity index (χ2v) is 7.14. The Labute approximate surface area is 161 Å². The van der Waals surface area contributed by atoms with Gasteiger partial charge in [-0.05, 0) is 25.0 Å². The van der Waals surface area contributed by atoms with Crippen molar-refractivity contribution in [2.75, 3.05) is 20.2 Å². The molecule has 1 atom stereocenters. The smallest absolute Gasteiger partial charge is 0.284 e. The molecule has 3 rings (SSSR count). The van der Waals surface area contributed by atoms with Crippen molar-refractivity contribution in [3.8, 4) is 0 Å². The fourth-order valence-electron chi connectivity index (χ4n) is 3.84. The molecule has 0 spiro atoms. The third kappa shape index (κ3) is 3.97. The van der Waals surface area contributed by atoms with Crippen molar-refractivity contribution < 1.29 is 9.53 Å². The van der Waals surface area contributed by atoms with Crippen molar-refractivity contribution >= 4 is 11.9 Å². The molecule has 5 nitrogen and oxygen atoms in total. The Morgan fingerprint density at radius 3 is 2.00 bits per heavy atom. The third-order valence-corrected chi connectivity index (χ3v) is 5.19. The predicted molar refractivity (Wildman–Crippen MR) is 107 cm³/mol. The number of benzene rings is 2. The van der Waals surface area contributed by atoms with Crippen LogP contribution in [0, 0.1) is 5.41 Å². The number of nitrogens with one attached hydrogen (secondary N) is 1. The maximum atomic E-state index is 12.6. The number of methoxy groups -OCH3 is 1. The fourth-order valence-corrected chi connectivity index (χ4v) is 3.84. The van der Waals surface area contributed by atoms with Gasteiger partial charge in [0.2, 0.25) is 5.91 Å². The summed E-state index contributed by atoms with van der Waals surface area (Å²) in [6.45, 7) is 4.78. The molecule has 1 saturated heterocycles. The average molecular weight is 365 g/mol. The molecule has 1 aliphatic rings. The molecule has 0 aromatic heterocycles. The second-order valence-electron chi connectivity index (χ2n) is 7.14. The maximum absolute atomic E-state index is 12.6. The van der Waals surface area contributed by atoms with Crippen LogP contribution in [0.25, 0.3) is 0 Å². The van der Waals surface area contributed by atoms with Gasteiger partial charge in [0.25, 0.3) is 6.02 Å². The number of piperazine rings is 1. The molecule has 2 aromatic carbocycles. The zero-order chi connectivity index (χ0) is 19.4. The van der Waals surface area contributed by atoms with Crippen molar-refractivity contribution in [3.05, 3.63) is 71.8 Å². The van der Waals surface area contributed by atoms with Gasteiger partial charge in [-0.3, -0.25) is 10.2 Å². The first-order valence-electron chi connectivity index (χ1n) is 9.31. The zero-order valence-electron chi connectivity index (χ0n) is 16.1. The number of carbonyl (C=O) groups excluding carboxylic acids is 1. The summed E-state index contributed by atoms with van der Waals surface area (Å²) in [5.41, 5.74) is 2.33. The molecular weight excluding hydrogens is 338 g/mol. The number of carbonyl (C=O) groups is 1. The lowest BCUT2D eigenvalue weighted by atomic mass is 9.83. The normalized spacial score (nSPS) is 17.5. The minimum Gasteiger partial charge on any atom is -0.469 e. The van der Waals surface area contributed by atoms with Crippen LogP contribution in [-0.4, -0.2) is 54.0 Å². The molecule has 0 unspecified atom stereocenters. The molecule has 0 aliphatic carbocycles. The van der Waals surface area contributed by atoms with Gasteiger partial charge < -0.3 is 14.5 Å². The quantitative estimate of drug-likeness (QED) is 0.668. The lowest BCUT2D eigenvalue weighted by Crippen LogP contribution is -2.61. The molecule has 1 N–H and O–H groups in total. The van der Waals surface area contributed by atoms with Crippen LogP contribution in [0.2, 0.25) is 0 Å². The lowest BCUT2D eigenvalue weighted by Gasteiger charge is -2.46. The molecule has 1 amide bonds. The molecule has 0 radical (unpaired) electrons. The van der Waals surface area contributed by atoms with Gasteiger partial charge >= 0.3 is 0 Å². The van der Waals surface area contributed by atoms with Gasteiger partial charge in [0, 0.05) is 18.5 Å². The monoisotopic (exact) mass is 365 g/mol. The van der Waals surface area contributed by atoms with E-state index in [1.807, 2.05) is 55.1 Å². The second kappa shape index (κ2) is 8.25. The molecule has 0 saturated carbocycles. The Morgan fingerprint density at radius 2 is 1.56 bits per heavy atom. The molecule has 1 fully saturated rings. The van der Waals surface area contributed by atoms with Crippen molar-refractivity contribution in [3.63, 3.8) is 0 Å². The summed E-state index contributed by atoms with van der Waals surface area (Å²) < 4.78 is 5.22. The van der Waals surface area contributed by atoms with E-state index < -0.39 is 0 Å². The highest BCUT2D eigenvalue weighted by Crippen LogP contribution is 2.33. The van der Waals surface area contributed by atoms with E-state index >= 15 is 0 Å². The van der Waals surface area contributed by atoms with E-state index in [9.17, 15) is 4.79 Å². The maximum Gasteiger partial charge on any atom is 0.284 e. The molecule has 27 heavy (non-hydrogen) atoms. The number of ether oxygens (including phenoxy) is 1. The fraction of sp³-hybridized carbons (Fsp3) is 0.364. The Morgan fingerprint density at radius 1 is 1.04 bits per heavy atom. The van der Waals surface area contributed by atoms with Crippen molar-refractivity contribution in [2.24, 2.45) is 0 Å². The molecule has 0 bridgehead atoms. The Bertz CT molecular complexity index is 737.